The number of fused-ring (bicyclic) bond motifs is 1. The summed E-state index contributed by atoms with van der Waals surface area (Å²) >= 11 is 5.56. The number of nitrogens with zero attached hydrogens (tertiary/aromatic N) is 1. The zero-order valence-electron chi connectivity index (χ0n) is 8.21. The van der Waals surface area contributed by atoms with Crippen molar-refractivity contribution in [3.8, 4) is 0 Å². The first-order chi connectivity index (χ1) is 6.73. The number of hydrogen-bond donors (Lipinski definition) is 1. The molecule has 1 amide bonds. The molecule has 1 aliphatic heterocycles. The first-order valence-corrected chi connectivity index (χ1v) is 5.73. The van der Waals surface area contributed by atoms with Gasteiger partial charge in [0.1, 0.15) is 5.88 Å². The average Bonchev–Trinajstić information content (AvgIpc) is 2.74. The van der Waals surface area contributed by atoms with Crippen LogP contribution in [0.25, 0.3) is 0 Å². The Morgan fingerprint density at radius 1 is 1.57 bits per heavy atom. The van der Waals surface area contributed by atoms with Gasteiger partial charge in [-0.1, -0.05) is 6.42 Å². The van der Waals surface area contributed by atoms with Crippen molar-refractivity contribution in [2.45, 2.75) is 31.7 Å². The summed E-state index contributed by atoms with van der Waals surface area (Å²) in [5.74, 6) is 0.0896. The second kappa shape index (κ2) is 3.70. The number of carbonyl (C=O) groups is 1. The van der Waals surface area contributed by atoms with Crippen LogP contribution in [0.1, 0.15) is 25.7 Å². The van der Waals surface area contributed by atoms with E-state index in [1.54, 1.807) is 0 Å². The van der Waals surface area contributed by atoms with Gasteiger partial charge < -0.3 is 10.0 Å². The SMILES string of the molecule is O=C(CCl)N1CC[C@@]2(CO)CCC[C@@H]12. The molecule has 0 aromatic rings. The quantitative estimate of drug-likeness (QED) is 0.701. The molecule has 2 atom stereocenters. The van der Waals surface area contributed by atoms with E-state index in [4.69, 9.17) is 11.6 Å². The van der Waals surface area contributed by atoms with Gasteiger partial charge in [0.2, 0.25) is 5.91 Å². The Bertz CT molecular complexity index is 246. The highest BCUT2D eigenvalue weighted by Crippen LogP contribution is 2.48. The molecule has 3 nitrogen and oxygen atoms in total. The van der Waals surface area contributed by atoms with Gasteiger partial charge in [0.25, 0.3) is 0 Å². The summed E-state index contributed by atoms with van der Waals surface area (Å²) in [6.45, 7) is 0.987. The molecule has 0 spiro atoms. The van der Waals surface area contributed by atoms with Gasteiger partial charge in [-0.15, -0.1) is 11.6 Å². The lowest BCUT2D eigenvalue weighted by atomic mass is 9.83. The van der Waals surface area contributed by atoms with Crippen LogP contribution in [0.15, 0.2) is 0 Å². The van der Waals surface area contributed by atoms with Gasteiger partial charge in [0.15, 0.2) is 0 Å². The molecule has 1 saturated carbocycles. The summed E-state index contributed by atoms with van der Waals surface area (Å²) in [6.07, 6.45) is 4.15. The molecule has 2 aliphatic rings. The van der Waals surface area contributed by atoms with E-state index in [2.05, 4.69) is 0 Å². The number of rotatable bonds is 2. The van der Waals surface area contributed by atoms with Gasteiger partial charge in [-0.05, 0) is 19.3 Å². The number of alkyl halides is 1. The molecular formula is C10H16ClNO2. The van der Waals surface area contributed by atoms with Gasteiger partial charge in [-0.3, -0.25) is 4.79 Å². The number of aliphatic hydroxyl groups excluding tert-OH is 1. The zero-order valence-corrected chi connectivity index (χ0v) is 8.96. The predicted molar refractivity (Wildman–Crippen MR) is 54.2 cm³/mol. The highest BCUT2D eigenvalue weighted by molar-refractivity contribution is 6.27. The van der Waals surface area contributed by atoms with Crippen LogP contribution in [0.2, 0.25) is 0 Å². The third kappa shape index (κ3) is 1.34. The standard InChI is InChI=1S/C10H16ClNO2/c11-6-9(14)12-5-4-10(7-13)3-1-2-8(10)12/h8,13H,1-7H2/t8-,10-/m1/s1. The Labute approximate surface area is 89.0 Å². The molecule has 0 aromatic carbocycles. The van der Waals surface area contributed by atoms with Crippen LogP contribution < -0.4 is 0 Å². The number of carbonyl (C=O) groups excluding carboxylic acids is 1. The van der Waals surface area contributed by atoms with Crippen LogP contribution in [0.4, 0.5) is 0 Å². The Balaban J connectivity index is 2.15. The molecule has 0 radical (unpaired) electrons. The normalized spacial score (nSPS) is 36.1. The Morgan fingerprint density at radius 3 is 3.00 bits per heavy atom. The number of halogens is 1. The van der Waals surface area contributed by atoms with Crippen molar-refractivity contribution in [3.63, 3.8) is 0 Å². The fraction of sp³-hybridized carbons (Fsp3) is 0.900. The molecule has 0 bridgehead atoms. The van der Waals surface area contributed by atoms with E-state index >= 15 is 0 Å². The molecule has 1 N–H and O–H groups in total. The molecule has 0 unspecified atom stereocenters. The van der Waals surface area contributed by atoms with Crippen molar-refractivity contribution in [2.75, 3.05) is 19.0 Å². The molecule has 1 heterocycles. The monoisotopic (exact) mass is 217 g/mol. The Hall–Kier alpha value is -0.280. The summed E-state index contributed by atoms with van der Waals surface area (Å²) in [7, 11) is 0. The van der Waals surface area contributed by atoms with E-state index in [1.165, 1.54) is 0 Å². The summed E-state index contributed by atoms with van der Waals surface area (Å²) in [6, 6.07) is 0.249. The fourth-order valence-electron chi connectivity index (χ4n) is 3.04. The van der Waals surface area contributed by atoms with E-state index < -0.39 is 0 Å². The maximum Gasteiger partial charge on any atom is 0.237 e. The molecule has 0 aromatic heterocycles. The number of likely N-dealkylation sites (tertiary alicyclic amines) is 1. The minimum Gasteiger partial charge on any atom is -0.396 e. The molecule has 14 heavy (non-hydrogen) atoms. The Kier molecular flexibility index (Phi) is 2.71. The maximum absolute atomic E-state index is 11.5. The smallest absolute Gasteiger partial charge is 0.237 e. The van der Waals surface area contributed by atoms with Crippen molar-refractivity contribution in [3.05, 3.63) is 0 Å². The lowest BCUT2D eigenvalue weighted by Crippen LogP contribution is -2.41. The van der Waals surface area contributed by atoms with Crippen molar-refractivity contribution in [1.29, 1.82) is 0 Å². The lowest BCUT2D eigenvalue weighted by Gasteiger charge is -2.30. The van der Waals surface area contributed by atoms with E-state index in [1.807, 2.05) is 4.90 Å². The van der Waals surface area contributed by atoms with Gasteiger partial charge in [-0.2, -0.15) is 0 Å². The zero-order chi connectivity index (χ0) is 10.2. The average molecular weight is 218 g/mol. The van der Waals surface area contributed by atoms with Gasteiger partial charge in [0, 0.05) is 18.0 Å². The minimum absolute atomic E-state index is 0.00171. The van der Waals surface area contributed by atoms with E-state index in [0.29, 0.717) is 0 Å². The van der Waals surface area contributed by atoms with Crippen LogP contribution in [-0.4, -0.2) is 41.0 Å². The van der Waals surface area contributed by atoms with Crippen LogP contribution in [0, 0.1) is 5.41 Å². The predicted octanol–water partition coefficient (Wildman–Crippen LogP) is 0.989. The third-order valence-electron chi connectivity index (χ3n) is 3.84. The van der Waals surface area contributed by atoms with Crippen LogP contribution in [0.5, 0.6) is 0 Å². The Morgan fingerprint density at radius 2 is 2.36 bits per heavy atom. The molecule has 4 heteroatoms. The highest BCUT2D eigenvalue weighted by atomic mass is 35.5. The first-order valence-electron chi connectivity index (χ1n) is 5.20. The molecule has 1 saturated heterocycles. The molecule has 80 valence electrons. The van der Waals surface area contributed by atoms with Crippen LogP contribution >= 0.6 is 11.6 Å². The summed E-state index contributed by atoms with van der Waals surface area (Å²) in [5, 5.41) is 9.43. The summed E-state index contributed by atoms with van der Waals surface area (Å²) < 4.78 is 0. The topological polar surface area (TPSA) is 40.5 Å². The van der Waals surface area contributed by atoms with Crippen molar-refractivity contribution < 1.29 is 9.90 Å². The molecular weight excluding hydrogens is 202 g/mol. The summed E-state index contributed by atoms with van der Waals surface area (Å²) in [4.78, 5) is 13.4. The second-order valence-electron chi connectivity index (χ2n) is 4.40. The number of hydrogen-bond acceptors (Lipinski definition) is 2. The van der Waals surface area contributed by atoms with Crippen molar-refractivity contribution >= 4 is 17.5 Å². The molecule has 2 fully saturated rings. The lowest BCUT2D eigenvalue weighted by molar-refractivity contribution is -0.130. The van der Waals surface area contributed by atoms with Crippen molar-refractivity contribution in [1.82, 2.24) is 4.90 Å². The third-order valence-corrected chi connectivity index (χ3v) is 4.06. The molecule has 1 aliphatic carbocycles. The van der Waals surface area contributed by atoms with E-state index in [-0.39, 0.29) is 29.9 Å². The van der Waals surface area contributed by atoms with Crippen LogP contribution in [0.3, 0.4) is 0 Å². The van der Waals surface area contributed by atoms with E-state index in [9.17, 15) is 9.90 Å². The minimum atomic E-state index is 0.00171. The largest absolute Gasteiger partial charge is 0.396 e. The van der Waals surface area contributed by atoms with Crippen molar-refractivity contribution in [2.24, 2.45) is 5.41 Å². The number of amides is 1. The van der Waals surface area contributed by atoms with E-state index in [0.717, 1.165) is 32.2 Å². The number of aliphatic hydroxyl groups is 1. The first kappa shape index (κ1) is 10.2. The molecule has 2 rings (SSSR count). The second-order valence-corrected chi connectivity index (χ2v) is 4.67. The van der Waals surface area contributed by atoms with Crippen LogP contribution in [-0.2, 0) is 4.79 Å². The highest BCUT2D eigenvalue weighted by Gasteiger charge is 2.50. The summed E-state index contributed by atoms with van der Waals surface area (Å²) in [5.41, 5.74) is 0.00171. The maximum atomic E-state index is 11.5. The fourth-order valence-corrected chi connectivity index (χ4v) is 3.19. The van der Waals surface area contributed by atoms with Gasteiger partial charge >= 0.3 is 0 Å². The van der Waals surface area contributed by atoms with Gasteiger partial charge in [-0.25, -0.2) is 0 Å². The van der Waals surface area contributed by atoms with Gasteiger partial charge in [0.05, 0.1) is 6.61 Å².